The fraction of sp³-hybridized carbons (Fsp3) is 0.769. The Morgan fingerprint density at radius 2 is 2.00 bits per heavy atom. The molecule has 1 aliphatic rings. The van der Waals surface area contributed by atoms with Gasteiger partial charge in [-0.25, -0.2) is 0 Å². The van der Waals surface area contributed by atoms with E-state index in [-0.39, 0.29) is 12.0 Å². The van der Waals surface area contributed by atoms with Crippen LogP contribution >= 0.6 is 0 Å². The third-order valence-corrected chi connectivity index (χ3v) is 3.03. The molecule has 0 fully saturated rings. The SMILES string of the molecule is CC(C)(C)CCNC1CC=CCC1C(=O)O. The Labute approximate surface area is 97.9 Å². The monoisotopic (exact) mass is 225 g/mol. The molecule has 0 heterocycles. The summed E-state index contributed by atoms with van der Waals surface area (Å²) in [5, 5.41) is 12.5. The maximum Gasteiger partial charge on any atom is 0.308 e. The zero-order valence-electron chi connectivity index (χ0n) is 10.5. The molecule has 3 heteroatoms. The Bertz CT molecular complexity index is 266. The summed E-state index contributed by atoms with van der Waals surface area (Å²) in [7, 11) is 0. The van der Waals surface area contributed by atoms with E-state index < -0.39 is 5.97 Å². The van der Waals surface area contributed by atoms with Crippen molar-refractivity contribution in [3.63, 3.8) is 0 Å². The minimum Gasteiger partial charge on any atom is -0.481 e. The van der Waals surface area contributed by atoms with Gasteiger partial charge < -0.3 is 10.4 Å². The number of carbonyl (C=O) groups is 1. The van der Waals surface area contributed by atoms with Crippen LogP contribution in [0.2, 0.25) is 0 Å². The predicted octanol–water partition coefficient (Wildman–Crippen LogP) is 2.43. The lowest BCUT2D eigenvalue weighted by Gasteiger charge is -2.28. The molecular formula is C13H23NO2. The number of nitrogens with one attached hydrogen (secondary N) is 1. The van der Waals surface area contributed by atoms with Crippen molar-refractivity contribution in [3.8, 4) is 0 Å². The van der Waals surface area contributed by atoms with Gasteiger partial charge in [-0.3, -0.25) is 4.79 Å². The Morgan fingerprint density at radius 3 is 2.56 bits per heavy atom. The summed E-state index contributed by atoms with van der Waals surface area (Å²) in [6, 6.07) is 0.102. The molecule has 0 aliphatic heterocycles. The van der Waals surface area contributed by atoms with Crippen LogP contribution in [0.4, 0.5) is 0 Å². The van der Waals surface area contributed by atoms with Crippen LogP contribution in [0.1, 0.15) is 40.0 Å². The number of hydrogen-bond acceptors (Lipinski definition) is 2. The van der Waals surface area contributed by atoms with E-state index >= 15 is 0 Å². The Morgan fingerprint density at radius 1 is 1.38 bits per heavy atom. The van der Waals surface area contributed by atoms with Crippen molar-refractivity contribution in [2.75, 3.05) is 6.54 Å². The first kappa shape index (κ1) is 13.2. The molecular weight excluding hydrogens is 202 g/mol. The van der Waals surface area contributed by atoms with Crippen molar-refractivity contribution in [3.05, 3.63) is 12.2 Å². The average Bonchev–Trinajstić information content (AvgIpc) is 2.16. The molecule has 16 heavy (non-hydrogen) atoms. The van der Waals surface area contributed by atoms with E-state index in [1.807, 2.05) is 6.08 Å². The molecule has 2 N–H and O–H groups in total. The van der Waals surface area contributed by atoms with Crippen molar-refractivity contribution in [2.45, 2.75) is 46.1 Å². The highest BCUT2D eigenvalue weighted by molar-refractivity contribution is 5.71. The third-order valence-electron chi connectivity index (χ3n) is 3.03. The lowest BCUT2D eigenvalue weighted by molar-refractivity contribution is -0.142. The number of rotatable bonds is 4. The molecule has 1 aliphatic carbocycles. The second-order valence-corrected chi connectivity index (χ2v) is 5.76. The standard InChI is InChI=1S/C13H23NO2/c1-13(2,3)8-9-14-11-7-5-4-6-10(11)12(15)16/h4-5,10-11,14H,6-9H2,1-3H3,(H,15,16). The Hall–Kier alpha value is -0.830. The van der Waals surface area contributed by atoms with Crippen molar-refractivity contribution in [1.82, 2.24) is 5.32 Å². The number of carboxylic acids is 1. The van der Waals surface area contributed by atoms with E-state index in [9.17, 15) is 4.79 Å². The van der Waals surface area contributed by atoms with E-state index in [1.54, 1.807) is 0 Å². The first-order valence-electron chi connectivity index (χ1n) is 6.01. The zero-order valence-corrected chi connectivity index (χ0v) is 10.5. The normalized spacial score (nSPS) is 25.7. The van der Waals surface area contributed by atoms with Crippen LogP contribution in [0.25, 0.3) is 0 Å². The molecule has 0 aromatic rings. The quantitative estimate of drug-likeness (QED) is 0.722. The lowest BCUT2D eigenvalue weighted by atomic mass is 9.88. The van der Waals surface area contributed by atoms with Gasteiger partial charge in [0.15, 0.2) is 0 Å². The molecule has 1 rings (SSSR count). The molecule has 0 bridgehead atoms. The van der Waals surface area contributed by atoms with Gasteiger partial charge in [-0.1, -0.05) is 32.9 Å². The summed E-state index contributed by atoms with van der Waals surface area (Å²) in [5.41, 5.74) is 0.302. The van der Waals surface area contributed by atoms with Gasteiger partial charge >= 0.3 is 5.97 Å². The molecule has 0 amide bonds. The van der Waals surface area contributed by atoms with E-state index in [0.29, 0.717) is 11.8 Å². The van der Waals surface area contributed by atoms with Gasteiger partial charge in [-0.05, 0) is 31.2 Å². The van der Waals surface area contributed by atoms with Crippen LogP contribution in [-0.4, -0.2) is 23.7 Å². The molecule has 2 unspecified atom stereocenters. The summed E-state index contributed by atoms with van der Waals surface area (Å²) >= 11 is 0. The topological polar surface area (TPSA) is 49.3 Å². The molecule has 3 nitrogen and oxygen atoms in total. The summed E-state index contributed by atoms with van der Waals surface area (Å²) in [6.45, 7) is 7.49. The number of aliphatic carboxylic acids is 1. The second kappa shape index (κ2) is 5.48. The first-order valence-corrected chi connectivity index (χ1v) is 6.01. The minimum atomic E-state index is -0.683. The second-order valence-electron chi connectivity index (χ2n) is 5.76. The zero-order chi connectivity index (χ0) is 12.2. The van der Waals surface area contributed by atoms with Gasteiger partial charge in [0, 0.05) is 6.04 Å². The Kier molecular flexibility index (Phi) is 4.54. The van der Waals surface area contributed by atoms with Crippen LogP contribution in [0.3, 0.4) is 0 Å². The van der Waals surface area contributed by atoms with Gasteiger partial charge in [0.2, 0.25) is 0 Å². The first-order chi connectivity index (χ1) is 7.40. The average molecular weight is 225 g/mol. The molecule has 0 aromatic carbocycles. The molecule has 0 saturated heterocycles. The fourth-order valence-corrected chi connectivity index (χ4v) is 1.95. The van der Waals surface area contributed by atoms with Crippen molar-refractivity contribution in [1.29, 1.82) is 0 Å². The van der Waals surface area contributed by atoms with Gasteiger partial charge in [-0.15, -0.1) is 0 Å². The summed E-state index contributed by atoms with van der Waals surface area (Å²) < 4.78 is 0. The Balaban J connectivity index is 2.40. The highest BCUT2D eigenvalue weighted by Gasteiger charge is 2.28. The third kappa shape index (κ3) is 4.35. The van der Waals surface area contributed by atoms with E-state index in [2.05, 4.69) is 32.2 Å². The van der Waals surface area contributed by atoms with Gasteiger partial charge in [0.1, 0.15) is 0 Å². The maximum atomic E-state index is 11.1. The van der Waals surface area contributed by atoms with Crippen molar-refractivity contribution < 1.29 is 9.90 Å². The molecule has 0 spiro atoms. The highest BCUT2D eigenvalue weighted by Crippen LogP contribution is 2.21. The smallest absolute Gasteiger partial charge is 0.308 e. The fourth-order valence-electron chi connectivity index (χ4n) is 1.95. The summed E-state index contributed by atoms with van der Waals surface area (Å²) in [6.07, 6.45) is 6.61. The van der Waals surface area contributed by atoms with E-state index in [0.717, 1.165) is 19.4 Å². The van der Waals surface area contributed by atoms with Gasteiger partial charge in [0.05, 0.1) is 5.92 Å². The van der Waals surface area contributed by atoms with Crippen LogP contribution in [0.5, 0.6) is 0 Å². The number of allylic oxidation sites excluding steroid dienone is 1. The summed E-state index contributed by atoms with van der Waals surface area (Å²) in [4.78, 5) is 11.1. The van der Waals surface area contributed by atoms with Crippen molar-refractivity contribution in [2.24, 2.45) is 11.3 Å². The minimum absolute atomic E-state index is 0.102. The summed E-state index contributed by atoms with van der Waals surface area (Å²) in [5.74, 6) is -0.942. The molecule has 0 radical (unpaired) electrons. The van der Waals surface area contributed by atoms with Crippen LogP contribution in [0.15, 0.2) is 12.2 Å². The molecule has 92 valence electrons. The van der Waals surface area contributed by atoms with Gasteiger partial charge in [0.25, 0.3) is 0 Å². The molecule has 0 aromatic heterocycles. The van der Waals surface area contributed by atoms with E-state index in [1.165, 1.54) is 0 Å². The maximum absolute atomic E-state index is 11.1. The predicted molar refractivity (Wildman–Crippen MR) is 65.4 cm³/mol. The van der Waals surface area contributed by atoms with Gasteiger partial charge in [-0.2, -0.15) is 0 Å². The number of hydrogen-bond donors (Lipinski definition) is 2. The van der Waals surface area contributed by atoms with Crippen LogP contribution in [-0.2, 0) is 4.79 Å². The molecule has 0 saturated carbocycles. The number of carboxylic acid groups (broad SMARTS) is 1. The van der Waals surface area contributed by atoms with Crippen molar-refractivity contribution >= 4 is 5.97 Å². The lowest BCUT2D eigenvalue weighted by Crippen LogP contribution is -2.42. The highest BCUT2D eigenvalue weighted by atomic mass is 16.4. The van der Waals surface area contributed by atoms with Crippen LogP contribution < -0.4 is 5.32 Å². The van der Waals surface area contributed by atoms with E-state index in [4.69, 9.17) is 5.11 Å². The molecule has 2 atom stereocenters. The van der Waals surface area contributed by atoms with Crippen LogP contribution in [0, 0.1) is 11.3 Å². The largest absolute Gasteiger partial charge is 0.481 e.